The summed E-state index contributed by atoms with van der Waals surface area (Å²) in [6, 6.07) is 0. The quantitative estimate of drug-likeness (QED) is 0.225. The molecule has 0 spiro atoms. The van der Waals surface area contributed by atoms with Crippen molar-refractivity contribution in [2.24, 2.45) is 0 Å². The van der Waals surface area contributed by atoms with Crippen LogP contribution in [0.3, 0.4) is 0 Å². The number of carboxylic acids is 1. The maximum Gasteiger partial charge on any atom is 0.303 e. The Bertz CT molecular complexity index is 275. The topological polar surface area (TPSA) is 49.3 Å². The Morgan fingerprint density at radius 1 is 0.720 bits per heavy atom. The van der Waals surface area contributed by atoms with Crippen molar-refractivity contribution in [2.45, 2.75) is 111 Å². The van der Waals surface area contributed by atoms with Gasteiger partial charge in [0.15, 0.2) is 0 Å². The minimum absolute atomic E-state index is 0.332. The van der Waals surface area contributed by atoms with Crippen LogP contribution in [0.4, 0.5) is 0 Å². The first-order valence-electron chi connectivity index (χ1n) is 10.8. The van der Waals surface area contributed by atoms with Gasteiger partial charge in [-0.15, -0.1) is 0 Å². The molecule has 25 heavy (non-hydrogen) atoms. The molecule has 0 aromatic heterocycles. The zero-order valence-corrected chi connectivity index (χ0v) is 17.3. The average Bonchev–Trinajstić information content (AvgIpc) is 2.59. The van der Waals surface area contributed by atoms with Gasteiger partial charge in [-0.05, 0) is 45.2 Å². The highest BCUT2D eigenvalue weighted by Crippen LogP contribution is 2.09. The molecule has 0 atom stereocenters. The van der Waals surface area contributed by atoms with Gasteiger partial charge in [-0.2, -0.15) is 0 Å². The molecule has 0 aliphatic rings. The highest BCUT2D eigenvalue weighted by Gasteiger charge is 1.95. The summed E-state index contributed by atoms with van der Waals surface area (Å²) in [6.45, 7) is 8.65. The predicted octanol–water partition coefficient (Wildman–Crippen LogP) is 6.72. The number of hydrogen-bond acceptors (Lipinski definition) is 2. The number of hydrogen-bond donors (Lipinski definition) is 2. The van der Waals surface area contributed by atoms with Crippen molar-refractivity contribution < 1.29 is 9.90 Å². The summed E-state index contributed by atoms with van der Waals surface area (Å²) in [7, 11) is 0. The second-order valence-corrected chi connectivity index (χ2v) is 6.69. The molecule has 0 saturated heterocycles. The molecule has 0 aromatic rings. The van der Waals surface area contributed by atoms with Gasteiger partial charge in [0.05, 0.1) is 0 Å². The van der Waals surface area contributed by atoms with Crippen LogP contribution in [0.1, 0.15) is 111 Å². The van der Waals surface area contributed by atoms with E-state index in [9.17, 15) is 4.79 Å². The summed E-state index contributed by atoms with van der Waals surface area (Å²) in [5.74, 6) is -0.664. The lowest BCUT2D eigenvalue weighted by atomic mass is 10.1. The third kappa shape index (κ3) is 31.5. The standard InChI is InChI=1S/C18H34O2.C4H11N/c1-2-3-4-5-6-7-8-9-10-11-12-13-14-15-16-17-18(19)20;1-3-5-4-2/h9-10H,2-8,11-17H2,1H3,(H,19,20);5H,3-4H2,1-2H3/b10-9-;. The first kappa shape index (κ1) is 26.4. The van der Waals surface area contributed by atoms with Gasteiger partial charge in [0, 0.05) is 6.42 Å². The van der Waals surface area contributed by atoms with Gasteiger partial charge in [-0.25, -0.2) is 0 Å². The summed E-state index contributed by atoms with van der Waals surface area (Å²) < 4.78 is 0. The van der Waals surface area contributed by atoms with Gasteiger partial charge >= 0.3 is 5.97 Å². The fraction of sp³-hybridized carbons (Fsp3) is 0.864. The van der Waals surface area contributed by atoms with Crippen molar-refractivity contribution in [1.82, 2.24) is 5.32 Å². The maximum atomic E-state index is 10.3. The minimum Gasteiger partial charge on any atom is -0.481 e. The summed E-state index contributed by atoms with van der Waals surface area (Å²) in [5, 5.41) is 11.6. The second kappa shape index (κ2) is 25.4. The van der Waals surface area contributed by atoms with E-state index >= 15 is 0 Å². The summed E-state index contributed by atoms with van der Waals surface area (Å²) in [5.41, 5.74) is 0. The summed E-state index contributed by atoms with van der Waals surface area (Å²) >= 11 is 0. The molecule has 0 rings (SSSR count). The zero-order chi connectivity index (χ0) is 19.0. The lowest BCUT2D eigenvalue weighted by Crippen LogP contribution is -2.09. The molecule has 0 fully saturated rings. The Balaban J connectivity index is 0. The van der Waals surface area contributed by atoms with Crippen LogP contribution in [0.5, 0.6) is 0 Å². The van der Waals surface area contributed by atoms with Crippen LogP contribution in [-0.4, -0.2) is 24.2 Å². The van der Waals surface area contributed by atoms with Gasteiger partial charge in [0.2, 0.25) is 0 Å². The number of carboxylic acid groups (broad SMARTS) is 1. The minimum atomic E-state index is -0.664. The Hall–Kier alpha value is -0.830. The lowest BCUT2D eigenvalue weighted by Gasteiger charge is -1.99. The fourth-order valence-corrected chi connectivity index (χ4v) is 2.60. The molecule has 3 heteroatoms. The molecule has 0 bridgehead atoms. The SMILES string of the molecule is CCCCCCCC/C=C\CCCCCCCC(=O)O.CCNCC. The Labute approximate surface area is 157 Å². The van der Waals surface area contributed by atoms with Gasteiger partial charge < -0.3 is 10.4 Å². The molecule has 3 nitrogen and oxygen atoms in total. The number of nitrogens with one attached hydrogen (secondary N) is 1. The van der Waals surface area contributed by atoms with Crippen LogP contribution in [0.2, 0.25) is 0 Å². The average molecular weight is 356 g/mol. The van der Waals surface area contributed by atoms with E-state index in [1.165, 1.54) is 70.6 Å². The van der Waals surface area contributed by atoms with Crippen LogP contribution in [0.15, 0.2) is 12.2 Å². The van der Waals surface area contributed by atoms with Crippen molar-refractivity contribution in [3.63, 3.8) is 0 Å². The monoisotopic (exact) mass is 355 g/mol. The molecule has 0 aliphatic heterocycles. The molecular weight excluding hydrogens is 310 g/mol. The van der Waals surface area contributed by atoms with Crippen molar-refractivity contribution in [1.29, 1.82) is 0 Å². The smallest absolute Gasteiger partial charge is 0.303 e. The molecule has 0 radical (unpaired) electrons. The van der Waals surface area contributed by atoms with Crippen molar-refractivity contribution in [3.8, 4) is 0 Å². The number of rotatable bonds is 17. The third-order valence-corrected chi connectivity index (χ3v) is 4.15. The fourth-order valence-electron chi connectivity index (χ4n) is 2.60. The summed E-state index contributed by atoms with van der Waals surface area (Å²) in [6.07, 6.45) is 21.2. The van der Waals surface area contributed by atoms with Crippen LogP contribution < -0.4 is 5.32 Å². The molecule has 0 amide bonds. The van der Waals surface area contributed by atoms with Crippen LogP contribution >= 0.6 is 0 Å². The van der Waals surface area contributed by atoms with Crippen LogP contribution in [0, 0.1) is 0 Å². The molecule has 0 heterocycles. The molecule has 0 saturated carbocycles. The lowest BCUT2D eigenvalue weighted by molar-refractivity contribution is -0.137. The van der Waals surface area contributed by atoms with E-state index in [0.29, 0.717) is 6.42 Å². The number of carbonyl (C=O) groups is 1. The first-order chi connectivity index (χ1) is 12.2. The van der Waals surface area contributed by atoms with E-state index in [2.05, 4.69) is 38.2 Å². The summed E-state index contributed by atoms with van der Waals surface area (Å²) in [4.78, 5) is 10.3. The maximum absolute atomic E-state index is 10.3. The number of aliphatic carboxylic acids is 1. The molecule has 0 unspecified atom stereocenters. The normalized spacial score (nSPS) is 10.7. The molecule has 0 aliphatic carbocycles. The van der Waals surface area contributed by atoms with E-state index in [0.717, 1.165) is 25.9 Å². The van der Waals surface area contributed by atoms with E-state index in [1.54, 1.807) is 0 Å². The van der Waals surface area contributed by atoms with Gasteiger partial charge in [0.1, 0.15) is 0 Å². The van der Waals surface area contributed by atoms with Crippen LogP contribution in [0.25, 0.3) is 0 Å². The van der Waals surface area contributed by atoms with Gasteiger partial charge in [0.25, 0.3) is 0 Å². The van der Waals surface area contributed by atoms with E-state index in [1.807, 2.05) is 0 Å². The van der Waals surface area contributed by atoms with Gasteiger partial charge in [-0.1, -0.05) is 84.3 Å². The van der Waals surface area contributed by atoms with Gasteiger partial charge in [-0.3, -0.25) is 4.79 Å². The van der Waals surface area contributed by atoms with E-state index < -0.39 is 5.97 Å². The van der Waals surface area contributed by atoms with Crippen molar-refractivity contribution in [2.75, 3.05) is 13.1 Å². The Kier molecular flexibility index (Phi) is 26.8. The Morgan fingerprint density at radius 3 is 1.56 bits per heavy atom. The highest BCUT2D eigenvalue weighted by atomic mass is 16.4. The van der Waals surface area contributed by atoms with Crippen molar-refractivity contribution in [3.05, 3.63) is 12.2 Å². The first-order valence-corrected chi connectivity index (χ1v) is 10.8. The highest BCUT2D eigenvalue weighted by molar-refractivity contribution is 5.66. The zero-order valence-electron chi connectivity index (χ0n) is 17.3. The Morgan fingerprint density at radius 2 is 1.16 bits per heavy atom. The number of allylic oxidation sites excluding steroid dienone is 2. The largest absolute Gasteiger partial charge is 0.481 e. The molecule has 0 aromatic carbocycles. The molecular formula is C22H45NO2. The van der Waals surface area contributed by atoms with E-state index in [-0.39, 0.29) is 0 Å². The van der Waals surface area contributed by atoms with E-state index in [4.69, 9.17) is 5.11 Å². The predicted molar refractivity (Wildman–Crippen MR) is 111 cm³/mol. The third-order valence-electron chi connectivity index (χ3n) is 4.15. The number of unbranched alkanes of at least 4 members (excludes halogenated alkanes) is 11. The second-order valence-electron chi connectivity index (χ2n) is 6.69. The van der Waals surface area contributed by atoms with Crippen molar-refractivity contribution >= 4 is 5.97 Å². The molecule has 150 valence electrons. The molecule has 2 N–H and O–H groups in total. The van der Waals surface area contributed by atoms with Crippen LogP contribution in [-0.2, 0) is 4.79 Å².